The number of benzene rings is 2. The summed E-state index contributed by atoms with van der Waals surface area (Å²) in [5, 5.41) is 3.12. The molecule has 0 saturated heterocycles. The monoisotopic (exact) mass is 327 g/mol. The summed E-state index contributed by atoms with van der Waals surface area (Å²) < 4.78 is 14.2. The van der Waals surface area contributed by atoms with Crippen LogP contribution in [0.5, 0.6) is 11.5 Å². The Kier molecular flexibility index (Phi) is 2.59. The molecule has 0 unspecified atom stereocenters. The first-order chi connectivity index (χ1) is 12.1. The molecule has 4 heteroatoms. The largest absolute Gasteiger partial charge is 0.464 e. The van der Waals surface area contributed by atoms with Crippen LogP contribution in [0.3, 0.4) is 0 Å². The molecule has 5 rings (SSSR count). The van der Waals surface area contributed by atoms with E-state index >= 15 is 0 Å². The Bertz CT molecular complexity index is 1260. The zero-order valence-electron chi connectivity index (χ0n) is 14.2. The van der Waals surface area contributed by atoms with Crippen molar-refractivity contribution in [3.63, 3.8) is 0 Å². The molecule has 0 aliphatic carbocycles. The van der Waals surface area contributed by atoms with Crippen LogP contribution in [0.1, 0.15) is 11.1 Å². The molecule has 1 aliphatic rings. The van der Waals surface area contributed by atoms with Gasteiger partial charge in [-0.15, -0.1) is 0 Å². The van der Waals surface area contributed by atoms with Crippen LogP contribution in [0.15, 0.2) is 41.1 Å². The lowest BCUT2D eigenvalue weighted by Gasteiger charge is -2.23. The third-order valence-electron chi connectivity index (χ3n) is 5.12. The van der Waals surface area contributed by atoms with Crippen molar-refractivity contribution < 1.29 is 13.7 Å². The van der Waals surface area contributed by atoms with E-state index in [4.69, 9.17) is 15.7 Å². The Morgan fingerprint density at radius 3 is 2.76 bits per heavy atom. The molecule has 25 heavy (non-hydrogen) atoms. The highest BCUT2D eigenvalue weighted by Gasteiger charge is 2.32. The van der Waals surface area contributed by atoms with Gasteiger partial charge in [-0.2, -0.15) is 0 Å². The fraction of sp³-hybridized carbons (Fsp3) is 0.143. The van der Waals surface area contributed by atoms with Gasteiger partial charge < -0.3 is 9.15 Å². The summed E-state index contributed by atoms with van der Waals surface area (Å²) in [5.41, 5.74) is 5.78. The van der Waals surface area contributed by atoms with Gasteiger partial charge in [0.2, 0.25) is 5.69 Å². The van der Waals surface area contributed by atoms with Crippen LogP contribution in [0.2, 0.25) is 0 Å². The van der Waals surface area contributed by atoms with Crippen LogP contribution < -0.4 is 9.30 Å². The molecular weight excluding hydrogens is 312 g/mol. The van der Waals surface area contributed by atoms with Crippen molar-refractivity contribution in [1.29, 1.82) is 0 Å². The summed E-state index contributed by atoms with van der Waals surface area (Å²) in [5.74, 6) is 1.59. The summed E-state index contributed by atoms with van der Waals surface area (Å²) in [7, 11) is 2.04. The molecule has 2 aromatic carbocycles. The summed E-state index contributed by atoms with van der Waals surface area (Å²) in [6.07, 6.45) is 3.76. The van der Waals surface area contributed by atoms with Gasteiger partial charge in [0.05, 0.1) is 23.8 Å². The standard InChI is InChI=1S/C21H15N2O2/c1-11-15-6-8-24-20(15)12(2)17-19-18-13(5-7-23(19)4)9-14(22-3)10-16(18)25-21(11)17/h5-10H,1-2,4H3/q+1. The van der Waals surface area contributed by atoms with Gasteiger partial charge in [-0.25, -0.2) is 9.41 Å². The minimum absolute atomic E-state index is 0.588. The molecule has 120 valence electrons. The van der Waals surface area contributed by atoms with Gasteiger partial charge in [0.1, 0.15) is 24.1 Å². The molecule has 0 radical (unpaired) electrons. The van der Waals surface area contributed by atoms with Crippen molar-refractivity contribution in [2.75, 3.05) is 0 Å². The number of aromatic nitrogens is 1. The Labute approximate surface area is 144 Å². The predicted molar refractivity (Wildman–Crippen MR) is 96.1 cm³/mol. The summed E-state index contributed by atoms with van der Waals surface area (Å²) in [6, 6.07) is 7.75. The molecule has 0 saturated carbocycles. The minimum Gasteiger partial charge on any atom is -0.464 e. The van der Waals surface area contributed by atoms with Crippen LogP contribution in [-0.4, -0.2) is 0 Å². The van der Waals surface area contributed by atoms with E-state index in [1.807, 2.05) is 37.5 Å². The van der Waals surface area contributed by atoms with Crippen LogP contribution >= 0.6 is 0 Å². The van der Waals surface area contributed by atoms with Crippen molar-refractivity contribution >= 4 is 27.4 Å². The quantitative estimate of drug-likeness (QED) is 0.283. The highest BCUT2D eigenvalue weighted by Crippen LogP contribution is 2.51. The molecule has 2 aromatic heterocycles. The third kappa shape index (κ3) is 1.67. The summed E-state index contributed by atoms with van der Waals surface area (Å²) >= 11 is 0. The van der Waals surface area contributed by atoms with Gasteiger partial charge in [0.25, 0.3) is 0 Å². The van der Waals surface area contributed by atoms with Crippen molar-refractivity contribution in [3.8, 4) is 22.8 Å². The number of hydrogen-bond donors (Lipinski definition) is 0. The van der Waals surface area contributed by atoms with Gasteiger partial charge in [-0.1, -0.05) is 0 Å². The Morgan fingerprint density at radius 1 is 1.12 bits per heavy atom. The molecule has 0 spiro atoms. The lowest BCUT2D eigenvalue weighted by Crippen LogP contribution is -2.31. The molecule has 0 N–H and O–H groups in total. The fourth-order valence-corrected chi connectivity index (χ4v) is 3.91. The second-order valence-corrected chi connectivity index (χ2v) is 6.51. The smallest absolute Gasteiger partial charge is 0.228 e. The molecule has 4 nitrogen and oxygen atoms in total. The number of rotatable bonds is 0. The first-order valence-corrected chi connectivity index (χ1v) is 8.12. The normalized spacial score (nSPS) is 12.1. The minimum atomic E-state index is 0.588. The van der Waals surface area contributed by atoms with E-state index in [2.05, 4.69) is 23.3 Å². The summed E-state index contributed by atoms with van der Waals surface area (Å²) in [4.78, 5) is 3.59. The Balaban J connectivity index is 2.04. The first-order valence-electron chi connectivity index (χ1n) is 8.12. The molecule has 0 fully saturated rings. The van der Waals surface area contributed by atoms with Gasteiger partial charge in [0, 0.05) is 22.6 Å². The van der Waals surface area contributed by atoms with Crippen LogP contribution in [0.25, 0.3) is 37.8 Å². The van der Waals surface area contributed by atoms with Crippen molar-refractivity contribution in [2.24, 2.45) is 7.05 Å². The molecule has 0 amide bonds. The van der Waals surface area contributed by atoms with E-state index in [0.717, 1.165) is 55.6 Å². The number of ether oxygens (including phenoxy) is 1. The Hall–Kier alpha value is -3.32. The van der Waals surface area contributed by atoms with E-state index in [0.29, 0.717) is 5.69 Å². The SMILES string of the molecule is [C-]#[N+]c1cc2c3c([n+](C)ccc3c1)-c1c(c(C)c3ccoc3c1C)O2. The average molecular weight is 327 g/mol. The molecule has 1 aliphatic heterocycles. The van der Waals surface area contributed by atoms with Crippen molar-refractivity contribution in [3.05, 3.63) is 59.3 Å². The van der Waals surface area contributed by atoms with Crippen LogP contribution in [0, 0.1) is 20.4 Å². The predicted octanol–water partition coefficient (Wildman–Crippen LogP) is 5.35. The van der Waals surface area contributed by atoms with E-state index in [1.54, 1.807) is 6.26 Å². The average Bonchev–Trinajstić information content (AvgIpc) is 3.11. The zero-order chi connectivity index (χ0) is 17.3. The summed E-state index contributed by atoms with van der Waals surface area (Å²) in [6.45, 7) is 11.5. The fourth-order valence-electron chi connectivity index (χ4n) is 3.91. The van der Waals surface area contributed by atoms with E-state index < -0.39 is 0 Å². The lowest BCUT2D eigenvalue weighted by molar-refractivity contribution is -0.659. The van der Waals surface area contributed by atoms with Gasteiger partial charge in [-0.05, 0) is 37.4 Å². The maximum atomic E-state index is 7.36. The van der Waals surface area contributed by atoms with E-state index in [-0.39, 0.29) is 0 Å². The first kappa shape index (κ1) is 14.1. The number of pyridine rings is 1. The third-order valence-corrected chi connectivity index (χ3v) is 5.12. The van der Waals surface area contributed by atoms with Crippen molar-refractivity contribution in [1.82, 2.24) is 0 Å². The van der Waals surface area contributed by atoms with Crippen LogP contribution in [-0.2, 0) is 7.05 Å². The molecule has 3 heterocycles. The molecule has 4 aromatic rings. The topological polar surface area (TPSA) is 30.6 Å². The number of hydrogen-bond acceptors (Lipinski definition) is 2. The molecule has 0 bridgehead atoms. The maximum absolute atomic E-state index is 7.36. The second-order valence-electron chi connectivity index (χ2n) is 6.51. The zero-order valence-corrected chi connectivity index (χ0v) is 14.2. The molecule has 0 atom stereocenters. The number of fused-ring (bicyclic) bond motifs is 3. The number of aryl methyl sites for hydroxylation is 3. The highest BCUT2D eigenvalue weighted by molar-refractivity contribution is 6.06. The highest BCUT2D eigenvalue weighted by atomic mass is 16.5. The maximum Gasteiger partial charge on any atom is 0.228 e. The second kappa shape index (κ2) is 4.61. The van der Waals surface area contributed by atoms with Gasteiger partial charge in [0.15, 0.2) is 11.9 Å². The number of furan rings is 1. The number of nitrogens with zero attached hydrogens (tertiary/aromatic N) is 2. The van der Waals surface area contributed by atoms with Crippen LogP contribution in [0.4, 0.5) is 5.69 Å². The Morgan fingerprint density at radius 2 is 1.96 bits per heavy atom. The van der Waals surface area contributed by atoms with E-state index in [1.165, 1.54) is 0 Å². The van der Waals surface area contributed by atoms with Crippen molar-refractivity contribution in [2.45, 2.75) is 13.8 Å². The van der Waals surface area contributed by atoms with Gasteiger partial charge in [-0.3, -0.25) is 0 Å². The lowest BCUT2D eigenvalue weighted by atomic mass is 9.92. The van der Waals surface area contributed by atoms with E-state index in [9.17, 15) is 0 Å². The molecular formula is C21H15N2O2+. The van der Waals surface area contributed by atoms with Gasteiger partial charge >= 0.3 is 0 Å².